The summed E-state index contributed by atoms with van der Waals surface area (Å²) in [6, 6.07) is 16.1. The molecule has 2 saturated carbocycles. The number of ketones is 1. The van der Waals surface area contributed by atoms with E-state index < -0.39 is 0 Å². The van der Waals surface area contributed by atoms with E-state index in [9.17, 15) is 9.59 Å². The maximum Gasteiger partial charge on any atom is 0.341 e. The van der Waals surface area contributed by atoms with Gasteiger partial charge in [-0.3, -0.25) is 4.79 Å². The molecular weight excluding hydrogens is 609 g/mol. The quantitative estimate of drug-likeness (QED) is 0.146. The van der Waals surface area contributed by atoms with Crippen LogP contribution in [0.25, 0.3) is 0 Å². The van der Waals surface area contributed by atoms with Gasteiger partial charge in [-0.2, -0.15) is 0 Å². The third kappa shape index (κ3) is 7.75. The second-order valence-corrected chi connectivity index (χ2v) is 12.6. The fraction of sp³-hybridized carbons (Fsp3) is 0.371. The minimum absolute atomic E-state index is 0.0164. The second kappa shape index (κ2) is 14.6. The Labute approximate surface area is 273 Å². The van der Waals surface area contributed by atoms with Crippen LogP contribution in [0.2, 0.25) is 10.0 Å². The number of Topliss-reactive ketones (excluding diaryl/α,β-unsaturated/α-hetero) is 1. The molecule has 0 atom stereocenters. The fourth-order valence-electron chi connectivity index (χ4n) is 6.03. The standard InChI is InChI=1S/C18H19ClN2O2.C17H18ClN3O/c1-2-23-17(22)13-11-20-16(21-12-13)10-18(8-3-9-18)14-4-6-15(19)7-5-14;18-14-4-2-13(3-5-14)17(6-1-7-17)8-16-20-10-12(11-21-16)15(22)9-19/h4-7,11-12H,2-3,8-10H2,1H3;2-5,10-11H,1,6-9,19H2. The first kappa shape index (κ1) is 32.7. The van der Waals surface area contributed by atoms with Gasteiger partial charge in [0, 0.05) is 58.5 Å². The summed E-state index contributed by atoms with van der Waals surface area (Å²) < 4.78 is 4.95. The lowest BCUT2D eigenvalue weighted by Gasteiger charge is -2.42. The highest BCUT2D eigenvalue weighted by Crippen LogP contribution is 2.47. The summed E-state index contributed by atoms with van der Waals surface area (Å²) in [5.74, 6) is 1.01. The van der Waals surface area contributed by atoms with Crippen LogP contribution in [0, 0.1) is 0 Å². The van der Waals surface area contributed by atoms with Crippen LogP contribution in [0.5, 0.6) is 0 Å². The molecule has 0 amide bonds. The number of rotatable bonds is 10. The Kier molecular flexibility index (Phi) is 10.6. The lowest BCUT2D eigenvalue weighted by atomic mass is 9.62. The van der Waals surface area contributed by atoms with Gasteiger partial charge in [-0.15, -0.1) is 0 Å². The zero-order valence-corrected chi connectivity index (χ0v) is 26.9. The zero-order chi connectivity index (χ0) is 31.9. The van der Waals surface area contributed by atoms with E-state index in [1.54, 1.807) is 31.7 Å². The number of hydrogen-bond donors (Lipinski definition) is 1. The molecule has 10 heteroatoms. The van der Waals surface area contributed by atoms with E-state index >= 15 is 0 Å². The summed E-state index contributed by atoms with van der Waals surface area (Å²) in [7, 11) is 0. The van der Waals surface area contributed by atoms with E-state index in [2.05, 4.69) is 44.2 Å². The molecule has 2 aromatic heterocycles. The van der Waals surface area contributed by atoms with E-state index in [-0.39, 0.29) is 29.1 Å². The molecule has 0 spiro atoms. The Morgan fingerprint density at radius 1 is 0.711 bits per heavy atom. The fourth-order valence-corrected chi connectivity index (χ4v) is 6.28. The molecule has 2 N–H and O–H groups in total. The summed E-state index contributed by atoms with van der Waals surface area (Å²) in [6.45, 7) is 2.11. The Balaban J connectivity index is 0.000000178. The van der Waals surface area contributed by atoms with Crippen LogP contribution < -0.4 is 5.73 Å². The van der Waals surface area contributed by atoms with Gasteiger partial charge in [0.25, 0.3) is 0 Å². The van der Waals surface area contributed by atoms with Gasteiger partial charge in [-0.05, 0) is 68.0 Å². The molecule has 0 radical (unpaired) electrons. The van der Waals surface area contributed by atoms with E-state index in [0.717, 1.165) is 60.2 Å². The van der Waals surface area contributed by atoms with Crippen LogP contribution >= 0.6 is 23.2 Å². The number of esters is 1. The molecule has 45 heavy (non-hydrogen) atoms. The summed E-state index contributed by atoms with van der Waals surface area (Å²) in [4.78, 5) is 40.6. The Morgan fingerprint density at radius 2 is 1.11 bits per heavy atom. The van der Waals surface area contributed by atoms with Crippen molar-refractivity contribution in [1.82, 2.24) is 19.9 Å². The molecule has 0 bridgehead atoms. The van der Waals surface area contributed by atoms with Crippen molar-refractivity contribution < 1.29 is 14.3 Å². The highest BCUT2D eigenvalue weighted by Gasteiger charge is 2.40. The van der Waals surface area contributed by atoms with Crippen LogP contribution in [-0.4, -0.2) is 44.8 Å². The van der Waals surface area contributed by atoms with Crippen LogP contribution in [0.15, 0.2) is 73.3 Å². The molecule has 4 aromatic rings. The molecule has 234 valence electrons. The summed E-state index contributed by atoms with van der Waals surface area (Å²) in [5, 5.41) is 1.50. The van der Waals surface area contributed by atoms with Crippen LogP contribution in [-0.2, 0) is 28.4 Å². The smallest absolute Gasteiger partial charge is 0.341 e. The van der Waals surface area contributed by atoms with E-state index in [4.69, 9.17) is 33.7 Å². The Morgan fingerprint density at radius 3 is 1.44 bits per heavy atom. The first-order valence-corrected chi connectivity index (χ1v) is 16.1. The molecule has 2 aliphatic carbocycles. The number of nitrogens with two attached hydrogens (primary N) is 1. The number of aromatic nitrogens is 4. The molecule has 8 nitrogen and oxygen atoms in total. The SMILES string of the molecule is CCOC(=O)c1cnc(CC2(c3ccc(Cl)cc3)CCC2)nc1.NCC(=O)c1cnc(CC2(c3ccc(Cl)cc3)CCC2)nc1. The number of hydrogen-bond acceptors (Lipinski definition) is 8. The molecule has 2 heterocycles. The number of ether oxygens (including phenoxy) is 1. The molecule has 6 rings (SSSR count). The topological polar surface area (TPSA) is 121 Å². The van der Waals surface area contributed by atoms with Gasteiger partial charge < -0.3 is 10.5 Å². The van der Waals surface area contributed by atoms with Gasteiger partial charge in [0.15, 0.2) is 5.78 Å². The third-order valence-corrected chi connectivity index (χ3v) is 9.46. The van der Waals surface area contributed by atoms with E-state index in [0.29, 0.717) is 17.7 Å². The maximum absolute atomic E-state index is 11.6. The molecule has 2 fully saturated rings. The number of carbonyl (C=O) groups is 2. The van der Waals surface area contributed by atoms with Gasteiger partial charge in [0.1, 0.15) is 11.6 Å². The first-order valence-electron chi connectivity index (χ1n) is 15.3. The molecule has 0 saturated heterocycles. The first-order chi connectivity index (χ1) is 21.8. The second-order valence-electron chi connectivity index (χ2n) is 11.8. The summed E-state index contributed by atoms with van der Waals surface area (Å²) >= 11 is 12.0. The Bertz CT molecular complexity index is 1590. The van der Waals surface area contributed by atoms with Gasteiger partial charge in [-0.25, -0.2) is 24.7 Å². The average molecular weight is 647 g/mol. The van der Waals surface area contributed by atoms with Crippen molar-refractivity contribution in [2.75, 3.05) is 13.2 Å². The normalized spacial score (nSPS) is 15.9. The van der Waals surface area contributed by atoms with Crippen molar-refractivity contribution in [3.05, 3.63) is 117 Å². The van der Waals surface area contributed by atoms with Crippen molar-refractivity contribution >= 4 is 35.0 Å². The average Bonchev–Trinajstić information content (AvgIpc) is 3.02. The van der Waals surface area contributed by atoms with Crippen molar-refractivity contribution in [2.45, 2.75) is 69.1 Å². The molecular formula is C35H37Cl2N5O3. The highest BCUT2D eigenvalue weighted by molar-refractivity contribution is 6.30. The minimum atomic E-state index is -0.380. The molecule has 2 aromatic carbocycles. The number of nitrogens with zero attached hydrogens (tertiary/aromatic N) is 4. The monoisotopic (exact) mass is 645 g/mol. The van der Waals surface area contributed by atoms with Gasteiger partial charge in [0.05, 0.1) is 24.3 Å². The minimum Gasteiger partial charge on any atom is -0.462 e. The third-order valence-electron chi connectivity index (χ3n) is 8.96. The maximum atomic E-state index is 11.6. The lowest BCUT2D eigenvalue weighted by Crippen LogP contribution is -2.37. The van der Waals surface area contributed by atoms with Crippen molar-refractivity contribution in [1.29, 1.82) is 0 Å². The summed E-state index contributed by atoms with van der Waals surface area (Å²) in [5.41, 5.74) is 8.98. The van der Waals surface area contributed by atoms with Gasteiger partial charge in [-0.1, -0.05) is 60.3 Å². The molecule has 0 aliphatic heterocycles. The largest absolute Gasteiger partial charge is 0.462 e. The van der Waals surface area contributed by atoms with Gasteiger partial charge in [0.2, 0.25) is 0 Å². The number of halogens is 2. The van der Waals surface area contributed by atoms with Crippen molar-refractivity contribution in [3.63, 3.8) is 0 Å². The predicted molar refractivity (Wildman–Crippen MR) is 175 cm³/mol. The Hall–Kier alpha value is -3.72. The number of benzene rings is 2. The van der Waals surface area contributed by atoms with Crippen molar-refractivity contribution in [2.24, 2.45) is 5.73 Å². The van der Waals surface area contributed by atoms with E-state index in [1.807, 2.05) is 24.3 Å². The predicted octanol–water partition coefficient (Wildman–Crippen LogP) is 6.91. The number of carbonyl (C=O) groups excluding carboxylic acids is 2. The van der Waals surface area contributed by atoms with E-state index in [1.165, 1.54) is 24.0 Å². The zero-order valence-electron chi connectivity index (χ0n) is 25.3. The molecule has 2 aliphatic rings. The summed E-state index contributed by atoms with van der Waals surface area (Å²) in [6.07, 6.45) is 14.7. The van der Waals surface area contributed by atoms with Crippen LogP contribution in [0.3, 0.4) is 0 Å². The molecule has 0 unspecified atom stereocenters. The van der Waals surface area contributed by atoms with Gasteiger partial charge >= 0.3 is 5.97 Å². The highest BCUT2D eigenvalue weighted by atomic mass is 35.5. The lowest BCUT2D eigenvalue weighted by molar-refractivity contribution is 0.0525. The van der Waals surface area contributed by atoms with Crippen LogP contribution in [0.1, 0.15) is 88.9 Å². The van der Waals surface area contributed by atoms with Crippen LogP contribution in [0.4, 0.5) is 0 Å². The van der Waals surface area contributed by atoms with Crippen molar-refractivity contribution in [3.8, 4) is 0 Å².